The van der Waals surface area contributed by atoms with Gasteiger partial charge in [-0.1, -0.05) is 29.8 Å². The molecule has 0 aliphatic rings. The maximum Gasteiger partial charge on any atom is 0.193 e. The molecule has 0 saturated heterocycles. The van der Waals surface area contributed by atoms with E-state index in [1.165, 1.54) is 5.56 Å². The maximum atomic E-state index is 6.18. The number of hydrogen-bond donors (Lipinski definition) is 1. The summed E-state index contributed by atoms with van der Waals surface area (Å²) in [7, 11) is 5.75. The monoisotopic (exact) mass is 333 g/mol. The van der Waals surface area contributed by atoms with Gasteiger partial charge in [-0.15, -0.1) is 0 Å². The number of guanidine groups is 1. The Morgan fingerprint density at radius 1 is 1.39 bits per heavy atom. The molecule has 0 bridgehead atoms. The van der Waals surface area contributed by atoms with Gasteiger partial charge in [-0.2, -0.15) is 5.10 Å². The number of nitrogens with zero attached hydrogens (tertiary/aromatic N) is 4. The fraction of sp³-hybridized carbons (Fsp3) is 0.412. The second-order valence-corrected chi connectivity index (χ2v) is 5.95. The molecule has 1 aromatic heterocycles. The van der Waals surface area contributed by atoms with Crippen LogP contribution in [-0.4, -0.2) is 41.3 Å². The van der Waals surface area contributed by atoms with Crippen LogP contribution in [0.2, 0.25) is 5.02 Å². The summed E-state index contributed by atoms with van der Waals surface area (Å²) < 4.78 is 1.81. The van der Waals surface area contributed by atoms with Crippen LogP contribution in [-0.2, 0) is 20.0 Å². The van der Waals surface area contributed by atoms with E-state index in [2.05, 4.69) is 26.4 Å². The van der Waals surface area contributed by atoms with E-state index < -0.39 is 0 Å². The first-order valence-corrected chi connectivity index (χ1v) is 8.10. The minimum absolute atomic E-state index is 0.776. The molecule has 0 aliphatic carbocycles. The molecule has 2 aromatic rings. The van der Waals surface area contributed by atoms with Gasteiger partial charge in [-0.05, 0) is 24.5 Å². The summed E-state index contributed by atoms with van der Waals surface area (Å²) in [5.74, 6) is 0.882. The zero-order valence-electron chi connectivity index (χ0n) is 14.0. The molecule has 5 nitrogen and oxygen atoms in total. The lowest BCUT2D eigenvalue weighted by atomic mass is 10.1. The van der Waals surface area contributed by atoms with Crippen molar-refractivity contribution in [2.24, 2.45) is 12.0 Å². The molecular formula is C17H24ClN5. The molecule has 1 heterocycles. The van der Waals surface area contributed by atoms with Crippen molar-refractivity contribution in [2.45, 2.75) is 19.4 Å². The number of benzene rings is 1. The molecule has 124 valence electrons. The molecule has 23 heavy (non-hydrogen) atoms. The van der Waals surface area contributed by atoms with Gasteiger partial charge in [0, 0.05) is 51.0 Å². The Balaban J connectivity index is 1.77. The quantitative estimate of drug-likeness (QED) is 0.502. The van der Waals surface area contributed by atoms with Crippen molar-refractivity contribution in [2.75, 3.05) is 20.6 Å². The number of nitrogens with one attached hydrogen (secondary N) is 1. The van der Waals surface area contributed by atoms with Gasteiger partial charge in [-0.3, -0.25) is 9.67 Å². The van der Waals surface area contributed by atoms with Crippen molar-refractivity contribution in [3.05, 3.63) is 52.8 Å². The number of hydrogen-bond acceptors (Lipinski definition) is 2. The standard InChI is InChI=1S/C17H24ClN5/c1-19-17(22(2)12-14-11-21-23(3)13-14)20-10-6-8-15-7-4-5-9-16(15)18/h4-5,7,9,11,13H,6,8,10,12H2,1-3H3,(H,19,20). The number of aliphatic imine (C=N–C) groups is 1. The van der Waals surface area contributed by atoms with Crippen LogP contribution in [0.5, 0.6) is 0 Å². The molecule has 0 spiro atoms. The second-order valence-electron chi connectivity index (χ2n) is 5.55. The minimum atomic E-state index is 0.776. The van der Waals surface area contributed by atoms with Gasteiger partial charge in [-0.25, -0.2) is 0 Å². The van der Waals surface area contributed by atoms with Gasteiger partial charge >= 0.3 is 0 Å². The van der Waals surface area contributed by atoms with Gasteiger partial charge in [0.15, 0.2) is 5.96 Å². The van der Waals surface area contributed by atoms with E-state index in [9.17, 15) is 0 Å². The molecule has 2 rings (SSSR count). The topological polar surface area (TPSA) is 45.5 Å². The van der Waals surface area contributed by atoms with Crippen LogP contribution >= 0.6 is 11.6 Å². The molecule has 0 atom stereocenters. The average molecular weight is 334 g/mol. The Bertz CT molecular complexity index is 650. The first kappa shape index (κ1) is 17.3. The lowest BCUT2D eigenvalue weighted by Crippen LogP contribution is -2.38. The first-order chi connectivity index (χ1) is 11.1. The van der Waals surface area contributed by atoms with Gasteiger partial charge in [0.25, 0.3) is 0 Å². The lowest BCUT2D eigenvalue weighted by Gasteiger charge is -2.21. The van der Waals surface area contributed by atoms with Crippen LogP contribution in [0.3, 0.4) is 0 Å². The summed E-state index contributed by atoms with van der Waals surface area (Å²) in [5, 5.41) is 8.42. The molecule has 0 aliphatic heterocycles. The second kappa shape index (κ2) is 8.58. The molecular weight excluding hydrogens is 310 g/mol. The largest absolute Gasteiger partial charge is 0.356 e. The van der Waals surface area contributed by atoms with Crippen molar-refractivity contribution in [3.63, 3.8) is 0 Å². The first-order valence-electron chi connectivity index (χ1n) is 7.73. The zero-order valence-corrected chi connectivity index (χ0v) is 14.7. The van der Waals surface area contributed by atoms with Crippen LogP contribution in [0.4, 0.5) is 0 Å². The Morgan fingerprint density at radius 3 is 2.83 bits per heavy atom. The predicted octanol–water partition coefficient (Wildman–Crippen LogP) is 2.71. The molecule has 6 heteroatoms. The average Bonchev–Trinajstić information content (AvgIpc) is 2.94. The predicted molar refractivity (Wildman–Crippen MR) is 95.8 cm³/mol. The summed E-state index contributed by atoms with van der Waals surface area (Å²) in [6, 6.07) is 7.99. The summed E-state index contributed by atoms with van der Waals surface area (Å²) in [5.41, 5.74) is 2.35. The Kier molecular flexibility index (Phi) is 6.47. The van der Waals surface area contributed by atoms with Crippen molar-refractivity contribution < 1.29 is 0 Å². The minimum Gasteiger partial charge on any atom is -0.356 e. The normalized spacial score (nSPS) is 11.6. The third-order valence-electron chi connectivity index (χ3n) is 3.62. The molecule has 1 aromatic carbocycles. The fourth-order valence-corrected chi connectivity index (χ4v) is 2.70. The van der Waals surface area contributed by atoms with Gasteiger partial charge in [0.2, 0.25) is 0 Å². The van der Waals surface area contributed by atoms with E-state index in [1.54, 1.807) is 7.05 Å². The SMILES string of the molecule is CN=C(NCCCc1ccccc1Cl)N(C)Cc1cnn(C)c1. The summed E-state index contributed by atoms with van der Waals surface area (Å²) in [6.07, 6.45) is 5.85. The Labute approximate surface area is 143 Å². The Hall–Kier alpha value is -2.01. The maximum absolute atomic E-state index is 6.18. The fourth-order valence-electron chi connectivity index (χ4n) is 2.47. The zero-order chi connectivity index (χ0) is 16.7. The molecule has 0 fully saturated rings. The van der Waals surface area contributed by atoms with Crippen LogP contribution in [0.25, 0.3) is 0 Å². The molecule has 0 unspecified atom stereocenters. The van der Waals surface area contributed by atoms with Crippen LogP contribution < -0.4 is 5.32 Å². The highest BCUT2D eigenvalue weighted by Crippen LogP contribution is 2.16. The smallest absolute Gasteiger partial charge is 0.193 e. The summed E-state index contributed by atoms with van der Waals surface area (Å²) in [4.78, 5) is 6.42. The highest BCUT2D eigenvalue weighted by atomic mass is 35.5. The van der Waals surface area contributed by atoms with E-state index in [0.29, 0.717) is 0 Å². The summed E-state index contributed by atoms with van der Waals surface area (Å²) in [6.45, 7) is 1.63. The molecule has 0 radical (unpaired) electrons. The molecule has 0 amide bonds. The van der Waals surface area contributed by atoms with E-state index in [4.69, 9.17) is 11.6 Å². The highest BCUT2D eigenvalue weighted by molar-refractivity contribution is 6.31. The van der Waals surface area contributed by atoms with Crippen molar-refractivity contribution in [1.29, 1.82) is 0 Å². The lowest BCUT2D eigenvalue weighted by molar-refractivity contribution is 0.475. The molecule has 1 N–H and O–H groups in total. The number of aryl methyl sites for hydroxylation is 2. The highest BCUT2D eigenvalue weighted by Gasteiger charge is 2.07. The number of aromatic nitrogens is 2. The third-order valence-corrected chi connectivity index (χ3v) is 3.98. The van der Waals surface area contributed by atoms with Crippen LogP contribution in [0.1, 0.15) is 17.5 Å². The van der Waals surface area contributed by atoms with Gasteiger partial charge in [0.05, 0.1) is 6.20 Å². The number of halogens is 1. The van der Waals surface area contributed by atoms with Crippen molar-refractivity contribution in [1.82, 2.24) is 20.0 Å². The van der Waals surface area contributed by atoms with E-state index >= 15 is 0 Å². The summed E-state index contributed by atoms with van der Waals surface area (Å²) >= 11 is 6.18. The third kappa shape index (κ3) is 5.28. The van der Waals surface area contributed by atoms with Crippen LogP contribution in [0, 0.1) is 0 Å². The van der Waals surface area contributed by atoms with Crippen molar-refractivity contribution in [3.8, 4) is 0 Å². The van der Waals surface area contributed by atoms with Gasteiger partial charge < -0.3 is 10.2 Å². The van der Waals surface area contributed by atoms with Gasteiger partial charge in [0.1, 0.15) is 0 Å². The molecule has 0 saturated carbocycles. The van der Waals surface area contributed by atoms with E-state index in [1.807, 2.05) is 49.4 Å². The van der Waals surface area contributed by atoms with E-state index in [0.717, 1.165) is 42.5 Å². The van der Waals surface area contributed by atoms with Crippen LogP contribution in [0.15, 0.2) is 41.7 Å². The number of rotatable bonds is 6. The Morgan fingerprint density at radius 2 is 2.17 bits per heavy atom. The van der Waals surface area contributed by atoms with Crippen molar-refractivity contribution >= 4 is 17.6 Å². The van der Waals surface area contributed by atoms with E-state index in [-0.39, 0.29) is 0 Å².